The largest absolute Gasteiger partial charge is 0.381 e. The van der Waals surface area contributed by atoms with E-state index in [1.165, 1.54) is 12.1 Å². The summed E-state index contributed by atoms with van der Waals surface area (Å²) in [4.78, 5) is 12.5. The Morgan fingerprint density at radius 1 is 1.00 bits per heavy atom. The summed E-state index contributed by atoms with van der Waals surface area (Å²) in [5, 5.41) is 5.98. The van der Waals surface area contributed by atoms with Crippen LogP contribution < -0.4 is 16.4 Å². The zero-order valence-corrected chi connectivity index (χ0v) is 16.7. The van der Waals surface area contributed by atoms with Gasteiger partial charge in [0.25, 0.3) is 0 Å². The first-order valence-electron chi connectivity index (χ1n) is 8.06. The van der Waals surface area contributed by atoms with Crippen molar-refractivity contribution in [3.8, 4) is 0 Å². The molecule has 1 amide bonds. The van der Waals surface area contributed by atoms with Gasteiger partial charge in [-0.15, -0.1) is 24.8 Å². The van der Waals surface area contributed by atoms with Crippen molar-refractivity contribution >= 4 is 42.1 Å². The Morgan fingerprint density at radius 2 is 1.62 bits per heavy atom. The zero-order chi connectivity index (χ0) is 17.7. The maximum absolute atomic E-state index is 13.5. The minimum Gasteiger partial charge on any atom is -0.381 e. The van der Waals surface area contributed by atoms with Gasteiger partial charge in [0.05, 0.1) is 17.3 Å². The van der Waals surface area contributed by atoms with Crippen molar-refractivity contribution < 1.29 is 9.18 Å². The van der Waals surface area contributed by atoms with Gasteiger partial charge < -0.3 is 16.4 Å². The number of halogens is 3. The summed E-state index contributed by atoms with van der Waals surface area (Å²) in [6, 6.07) is 13.5. The van der Waals surface area contributed by atoms with Crippen LogP contribution in [-0.2, 0) is 4.79 Å². The van der Waals surface area contributed by atoms with Gasteiger partial charge in [0.1, 0.15) is 5.82 Å². The number of carbonyl (C=O) groups excluding carboxylic acids is 1. The Hall–Kier alpha value is -1.82. The lowest BCUT2D eigenvalue weighted by atomic mass is 9.94. The van der Waals surface area contributed by atoms with E-state index in [2.05, 4.69) is 10.6 Å². The average Bonchev–Trinajstić information content (AvgIpc) is 2.56. The standard InChI is InChI=1S/C19H24FN3O.2ClH/c1-12(2)22-17-11-15(20)9-10-16(17)23-19(24)13(3)18(21)14-7-5-4-6-8-14;;/h4-13,18,22H,21H2,1-3H3,(H,23,24);2*1H. The number of benzene rings is 2. The molecule has 0 bridgehead atoms. The van der Waals surface area contributed by atoms with Crippen LogP contribution in [-0.4, -0.2) is 11.9 Å². The quantitative estimate of drug-likeness (QED) is 0.653. The second-order valence-corrected chi connectivity index (χ2v) is 6.20. The summed E-state index contributed by atoms with van der Waals surface area (Å²) in [5.74, 6) is -0.987. The molecule has 0 spiro atoms. The molecule has 2 rings (SSSR count). The van der Waals surface area contributed by atoms with E-state index < -0.39 is 12.0 Å². The summed E-state index contributed by atoms with van der Waals surface area (Å²) in [5.41, 5.74) is 8.20. The normalized spacial score (nSPS) is 12.4. The molecule has 144 valence electrons. The van der Waals surface area contributed by atoms with Crippen molar-refractivity contribution in [2.24, 2.45) is 11.7 Å². The Kier molecular flexibility index (Phi) is 10.2. The fourth-order valence-electron chi connectivity index (χ4n) is 2.43. The van der Waals surface area contributed by atoms with Crippen LogP contribution >= 0.6 is 24.8 Å². The van der Waals surface area contributed by atoms with Gasteiger partial charge in [0.2, 0.25) is 5.91 Å². The molecule has 0 saturated heterocycles. The maximum atomic E-state index is 13.5. The molecule has 2 aromatic carbocycles. The molecule has 0 aromatic heterocycles. The molecule has 4 nitrogen and oxygen atoms in total. The Labute approximate surface area is 166 Å². The number of anilines is 2. The molecule has 2 unspecified atom stereocenters. The molecule has 0 saturated carbocycles. The number of hydrogen-bond acceptors (Lipinski definition) is 3. The van der Waals surface area contributed by atoms with Crippen molar-refractivity contribution in [2.75, 3.05) is 10.6 Å². The van der Waals surface area contributed by atoms with Gasteiger partial charge in [0.15, 0.2) is 0 Å². The van der Waals surface area contributed by atoms with Crippen molar-refractivity contribution in [3.63, 3.8) is 0 Å². The first-order chi connectivity index (χ1) is 11.4. The third kappa shape index (κ3) is 6.48. The van der Waals surface area contributed by atoms with Crippen LogP contribution in [0, 0.1) is 11.7 Å². The number of amides is 1. The van der Waals surface area contributed by atoms with Crippen LogP contribution in [0.4, 0.5) is 15.8 Å². The maximum Gasteiger partial charge on any atom is 0.229 e. The molecule has 4 N–H and O–H groups in total. The highest BCUT2D eigenvalue weighted by atomic mass is 35.5. The lowest BCUT2D eigenvalue weighted by molar-refractivity contribution is -0.120. The Balaban J connectivity index is 0.00000312. The molecule has 0 aliphatic rings. The van der Waals surface area contributed by atoms with Gasteiger partial charge >= 0.3 is 0 Å². The zero-order valence-electron chi connectivity index (χ0n) is 15.0. The van der Waals surface area contributed by atoms with Gasteiger partial charge in [-0.2, -0.15) is 0 Å². The van der Waals surface area contributed by atoms with Gasteiger partial charge in [0, 0.05) is 12.1 Å². The van der Waals surface area contributed by atoms with Crippen LogP contribution in [0.3, 0.4) is 0 Å². The predicted molar refractivity (Wildman–Crippen MR) is 111 cm³/mol. The lowest BCUT2D eigenvalue weighted by Gasteiger charge is -2.21. The van der Waals surface area contributed by atoms with E-state index in [4.69, 9.17) is 5.73 Å². The molecule has 7 heteroatoms. The average molecular weight is 402 g/mol. The van der Waals surface area contributed by atoms with Crippen LogP contribution in [0.5, 0.6) is 0 Å². The number of rotatable bonds is 6. The highest BCUT2D eigenvalue weighted by Gasteiger charge is 2.23. The first kappa shape index (κ1) is 24.2. The minimum atomic E-state index is -0.427. The molecular formula is C19H26Cl2FN3O. The molecule has 2 aromatic rings. The molecule has 0 heterocycles. The summed E-state index contributed by atoms with van der Waals surface area (Å²) in [6.07, 6.45) is 0. The Morgan fingerprint density at radius 3 is 2.19 bits per heavy atom. The third-order valence-electron chi connectivity index (χ3n) is 3.82. The van der Waals surface area contributed by atoms with Crippen LogP contribution in [0.1, 0.15) is 32.4 Å². The van der Waals surface area contributed by atoms with E-state index in [0.717, 1.165) is 5.56 Å². The highest BCUT2D eigenvalue weighted by molar-refractivity contribution is 5.96. The highest BCUT2D eigenvalue weighted by Crippen LogP contribution is 2.26. The molecule has 0 radical (unpaired) electrons. The number of nitrogens with two attached hydrogens (primary N) is 1. The fraction of sp³-hybridized carbons (Fsp3) is 0.316. The van der Waals surface area contributed by atoms with Crippen molar-refractivity contribution in [3.05, 3.63) is 59.9 Å². The van der Waals surface area contributed by atoms with Crippen molar-refractivity contribution in [1.82, 2.24) is 0 Å². The second-order valence-electron chi connectivity index (χ2n) is 6.20. The molecule has 0 aliphatic carbocycles. The Bertz CT molecular complexity index is 698. The van der Waals surface area contributed by atoms with Gasteiger partial charge in [-0.05, 0) is 37.6 Å². The van der Waals surface area contributed by atoms with E-state index in [9.17, 15) is 9.18 Å². The third-order valence-corrected chi connectivity index (χ3v) is 3.82. The molecular weight excluding hydrogens is 376 g/mol. The van der Waals surface area contributed by atoms with Crippen molar-refractivity contribution in [1.29, 1.82) is 0 Å². The van der Waals surface area contributed by atoms with Gasteiger partial charge in [-0.25, -0.2) is 4.39 Å². The number of nitrogens with one attached hydrogen (secondary N) is 2. The monoisotopic (exact) mass is 401 g/mol. The smallest absolute Gasteiger partial charge is 0.229 e. The van der Waals surface area contributed by atoms with E-state index >= 15 is 0 Å². The molecule has 0 aliphatic heterocycles. The minimum absolute atomic E-state index is 0. The lowest BCUT2D eigenvalue weighted by Crippen LogP contribution is -2.30. The second kappa shape index (κ2) is 11.0. The molecule has 2 atom stereocenters. The van der Waals surface area contributed by atoms with Crippen molar-refractivity contribution in [2.45, 2.75) is 32.9 Å². The van der Waals surface area contributed by atoms with E-state index in [1.807, 2.05) is 44.2 Å². The van der Waals surface area contributed by atoms with Gasteiger partial charge in [-0.3, -0.25) is 4.79 Å². The summed E-state index contributed by atoms with van der Waals surface area (Å²) >= 11 is 0. The summed E-state index contributed by atoms with van der Waals surface area (Å²) in [6.45, 7) is 5.68. The van der Waals surface area contributed by atoms with Crippen LogP contribution in [0.25, 0.3) is 0 Å². The van der Waals surface area contributed by atoms with E-state index in [0.29, 0.717) is 11.4 Å². The summed E-state index contributed by atoms with van der Waals surface area (Å²) in [7, 11) is 0. The van der Waals surface area contributed by atoms with E-state index in [1.54, 1.807) is 13.0 Å². The van der Waals surface area contributed by atoms with Crippen LogP contribution in [0.15, 0.2) is 48.5 Å². The number of carbonyl (C=O) groups is 1. The fourth-order valence-corrected chi connectivity index (χ4v) is 2.43. The summed E-state index contributed by atoms with van der Waals surface area (Å²) < 4.78 is 13.5. The van der Waals surface area contributed by atoms with Crippen LogP contribution in [0.2, 0.25) is 0 Å². The van der Waals surface area contributed by atoms with E-state index in [-0.39, 0.29) is 42.6 Å². The van der Waals surface area contributed by atoms with Gasteiger partial charge in [-0.1, -0.05) is 37.3 Å². The SMILES string of the molecule is CC(C)Nc1cc(F)ccc1NC(=O)C(C)C(N)c1ccccc1.Cl.Cl. The first-order valence-corrected chi connectivity index (χ1v) is 8.06. The number of hydrogen-bond donors (Lipinski definition) is 3. The molecule has 26 heavy (non-hydrogen) atoms. The molecule has 0 fully saturated rings. The predicted octanol–water partition coefficient (Wildman–Crippen LogP) is 4.76. The topological polar surface area (TPSA) is 67.1 Å².